The number of nitrogen functional groups attached to an aromatic ring is 1. The van der Waals surface area contributed by atoms with Crippen molar-refractivity contribution < 1.29 is 9.53 Å². The number of anilines is 1. The van der Waals surface area contributed by atoms with E-state index in [1.807, 2.05) is 0 Å². The zero-order valence-electron chi connectivity index (χ0n) is 11.2. The molecule has 7 heteroatoms. The molecule has 2 aromatic rings. The molecule has 7 nitrogen and oxygen atoms in total. The lowest BCUT2D eigenvalue weighted by Crippen LogP contribution is -2.25. The van der Waals surface area contributed by atoms with Gasteiger partial charge >= 0.3 is 0 Å². The number of methoxy groups -OCH3 is 1. The molecule has 0 aliphatic heterocycles. The van der Waals surface area contributed by atoms with Crippen molar-refractivity contribution in [1.29, 1.82) is 0 Å². The Labute approximate surface area is 116 Å². The number of nitrogens with zero attached hydrogens (tertiary/aromatic N) is 3. The second-order valence-electron chi connectivity index (χ2n) is 4.23. The van der Waals surface area contributed by atoms with Gasteiger partial charge in [-0.2, -0.15) is 0 Å². The molecule has 3 N–H and O–H groups in total. The van der Waals surface area contributed by atoms with Crippen LogP contribution in [-0.2, 0) is 6.54 Å². The summed E-state index contributed by atoms with van der Waals surface area (Å²) in [6, 6.07) is 4.97. The Hall–Kier alpha value is -2.57. The molecule has 0 radical (unpaired) electrons. The van der Waals surface area contributed by atoms with Crippen LogP contribution in [0.3, 0.4) is 0 Å². The van der Waals surface area contributed by atoms with Gasteiger partial charge in [0.25, 0.3) is 5.91 Å². The highest BCUT2D eigenvalue weighted by molar-refractivity contribution is 5.95. The van der Waals surface area contributed by atoms with Crippen LogP contribution in [0.4, 0.5) is 5.69 Å². The summed E-state index contributed by atoms with van der Waals surface area (Å²) in [6.07, 6.45) is 4.19. The molecule has 1 amide bonds. The van der Waals surface area contributed by atoms with Gasteiger partial charge in [-0.15, -0.1) is 5.10 Å². The molecule has 2 rings (SSSR count). The van der Waals surface area contributed by atoms with Gasteiger partial charge in [-0.3, -0.25) is 9.48 Å². The first kappa shape index (κ1) is 13.9. The van der Waals surface area contributed by atoms with E-state index in [0.29, 0.717) is 30.1 Å². The topological polar surface area (TPSA) is 95.1 Å². The molecule has 0 spiro atoms. The molecule has 1 heterocycles. The zero-order chi connectivity index (χ0) is 14.4. The SMILES string of the molecule is COc1ccc(C(=O)NCCCn2ccnn2)cc1N. The van der Waals surface area contributed by atoms with E-state index >= 15 is 0 Å². The van der Waals surface area contributed by atoms with Crippen LogP contribution < -0.4 is 15.8 Å². The maximum atomic E-state index is 11.9. The monoisotopic (exact) mass is 275 g/mol. The van der Waals surface area contributed by atoms with Crippen LogP contribution >= 0.6 is 0 Å². The van der Waals surface area contributed by atoms with Gasteiger partial charge in [0.15, 0.2) is 0 Å². The normalized spacial score (nSPS) is 10.2. The fourth-order valence-corrected chi connectivity index (χ4v) is 1.77. The van der Waals surface area contributed by atoms with Gasteiger partial charge in [-0.1, -0.05) is 5.21 Å². The minimum absolute atomic E-state index is 0.155. The molecule has 1 aromatic heterocycles. The molecule has 0 bridgehead atoms. The van der Waals surface area contributed by atoms with E-state index in [-0.39, 0.29) is 5.91 Å². The molecule has 0 atom stereocenters. The summed E-state index contributed by atoms with van der Waals surface area (Å²) in [6.45, 7) is 1.27. The van der Waals surface area contributed by atoms with Gasteiger partial charge in [0.2, 0.25) is 0 Å². The minimum atomic E-state index is -0.155. The van der Waals surface area contributed by atoms with Gasteiger partial charge in [-0.05, 0) is 24.6 Å². The molecule has 0 saturated heterocycles. The van der Waals surface area contributed by atoms with Crippen LogP contribution in [0.1, 0.15) is 16.8 Å². The number of benzene rings is 1. The molecule has 0 saturated carbocycles. The van der Waals surface area contributed by atoms with Gasteiger partial charge in [0.05, 0.1) is 19.0 Å². The number of rotatable bonds is 6. The summed E-state index contributed by atoms with van der Waals surface area (Å²) in [4.78, 5) is 11.9. The predicted molar refractivity (Wildman–Crippen MR) is 74.4 cm³/mol. The van der Waals surface area contributed by atoms with Crippen molar-refractivity contribution in [3.8, 4) is 5.75 Å². The third-order valence-corrected chi connectivity index (χ3v) is 2.81. The highest BCUT2D eigenvalue weighted by Gasteiger charge is 2.07. The summed E-state index contributed by atoms with van der Waals surface area (Å²) in [5, 5.41) is 10.4. The minimum Gasteiger partial charge on any atom is -0.495 e. The molecule has 0 aliphatic rings. The number of amides is 1. The molecule has 0 aliphatic carbocycles. The highest BCUT2D eigenvalue weighted by Crippen LogP contribution is 2.21. The van der Waals surface area contributed by atoms with E-state index in [9.17, 15) is 4.79 Å². The number of carbonyl (C=O) groups excluding carboxylic acids is 1. The van der Waals surface area contributed by atoms with Gasteiger partial charge in [0, 0.05) is 24.8 Å². The van der Waals surface area contributed by atoms with E-state index in [2.05, 4.69) is 15.6 Å². The third kappa shape index (κ3) is 3.47. The number of carbonyl (C=O) groups is 1. The first-order chi connectivity index (χ1) is 9.70. The number of hydrogen-bond acceptors (Lipinski definition) is 5. The molecule has 0 fully saturated rings. The molecule has 106 valence electrons. The zero-order valence-corrected chi connectivity index (χ0v) is 11.2. The molecular formula is C13H17N5O2. The van der Waals surface area contributed by atoms with Gasteiger partial charge in [-0.25, -0.2) is 0 Å². The number of ether oxygens (including phenoxy) is 1. The molecule has 0 unspecified atom stereocenters. The third-order valence-electron chi connectivity index (χ3n) is 2.81. The number of hydrogen-bond donors (Lipinski definition) is 2. The van der Waals surface area contributed by atoms with Crippen LogP contribution in [0.25, 0.3) is 0 Å². The first-order valence-corrected chi connectivity index (χ1v) is 6.26. The van der Waals surface area contributed by atoms with Crippen molar-refractivity contribution in [2.45, 2.75) is 13.0 Å². The van der Waals surface area contributed by atoms with E-state index in [4.69, 9.17) is 10.5 Å². The Morgan fingerprint density at radius 2 is 2.35 bits per heavy atom. The van der Waals surface area contributed by atoms with Crippen molar-refractivity contribution in [2.75, 3.05) is 19.4 Å². The van der Waals surface area contributed by atoms with Gasteiger partial charge < -0.3 is 15.8 Å². The van der Waals surface area contributed by atoms with E-state index < -0.39 is 0 Å². The summed E-state index contributed by atoms with van der Waals surface area (Å²) in [5.41, 5.74) is 6.73. The van der Waals surface area contributed by atoms with Crippen LogP contribution in [0.15, 0.2) is 30.6 Å². The van der Waals surface area contributed by atoms with Gasteiger partial charge in [0.1, 0.15) is 5.75 Å². The maximum Gasteiger partial charge on any atom is 0.251 e. The first-order valence-electron chi connectivity index (χ1n) is 6.26. The summed E-state index contributed by atoms with van der Waals surface area (Å²) in [5.74, 6) is 0.408. The predicted octanol–water partition coefficient (Wildman–Crippen LogP) is 0.689. The largest absolute Gasteiger partial charge is 0.495 e. The summed E-state index contributed by atoms with van der Waals surface area (Å²) in [7, 11) is 1.54. The lowest BCUT2D eigenvalue weighted by Gasteiger charge is -2.08. The lowest BCUT2D eigenvalue weighted by atomic mass is 10.1. The quantitative estimate of drug-likeness (QED) is 0.597. The Bertz CT molecular complexity index is 568. The van der Waals surface area contributed by atoms with E-state index in [0.717, 1.165) is 6.42 Å². The average molecular weight is 275 g/mol. The molecule has 20 heavy (non-hydrogen) atoms. The fourth-order valence-electron chi connectivity index (χ4n) is 1.77. The Morgan fingerprint density at radius 1 is 1.50 bits per heavy atom. The smallest absolute Gasteiger partial charge is 0.251 e. The maximum absolute atomic E-state index is 11.9. The molecular weight excluding hydrogens is 258 g/mol. The van der Waals surface area contributed by atoms with Crippen molar-refractivity contribution in [3.05, 3.63) is 36.2 Å². The van der Waals surface area contributed by atoms with E-state index in [1.54, 1.807) is 35.3 Å². The van der Waals surface area contributed by atoms with Crippen molar-refractivity contribution in [3.63, 3.8) is 0 Å². The number of nitrogens with one attached hydrogen (secondary N) is 1. The Kier molecular flexibility index (Phi) is 4.54. The Balaban J connectivity index is 1.81. The second-order valence-corrected chi connectivity index (χ2v) is 4.23. The van der Waals surface area contributed by atoms with Crippen LogP contribution in [-0.4, -0.2) is 34.6 Å². The average Bonchev–Trinajstić information content (AvgIpc) is 2.96. The number of aromatic nitrogens is 3. The van der Waals surface area contributed by atoms with E-state index in [1.165, 1.54) is 7.11 Å². The summed E-state index contributed by atoms with van der Waals surface area (Å²) < 4.78 is 6.77. The summed E-state index contributed by atoms with van der Waals surface area (Å²) >= 11 is 0. The van der Waals surface area contributed by atoms with Crippen molar-refractivity contribution >= 4 is 11.6 Å². The standard InChI is InChI=1S/C13H17N5O2/c1-20-12-4-3-10(9-11(12)14)13(19)15-5-2-7-18-8-6-16-17-18/h3-4,6,8-9H,2,5,7,14H2,1H3,(H,15,19). The van der Waals surface area contributed by atoms with Crippen molar-refractivity contribution in [2.24, 2.45) is 0 Å². The number of aryl methyl sites for hydroxylation is 1. The second kappa shape index (κ2) is 6.55. The lowest BCUT2D eigenvalue weighted by molar-refractivity contribution is 0.0952. The molecule has 1 aromatic carbocycles. The fraction of sp³-hybridized carbons (Fsp3) is 0.308. The van der Waals surface area contributed by atoms with Crippen molar-refractivity contribution in [1.82, 2.24) is 20.3 Å². The van der Waals surface area contributed by atoms with Crippen LogP contribution in [0.5, 0.6) is 5.75 Å². The van der Waals surface area contributed by atoms with Crippen LogP contribution in [0, 0.1) is 0 Å². The number of nitrogens with two attached hydrogens (primary N) is 1. The van der Waals surface area contributed by atoms with Crippen LogP contribution in [0.2, 0.25) is 0 Å². The Morgan fingerprint density at radius 3 is 3.00 bits per heavy atom. The highest BCUT2D eigenvalue weighted by atomic mass is 16.5.